The van der Waals surface area contributed by atoms with Crippen molar-refractivity contribution in [3.8, 4) is 0 Å². The molecule has 74 valence electrons. The summed E-state index contributed by atoms with van der Waals surface area (Å²) >= 11 is 5.88. The minimum Gasteiger partial charge on any atom is -0.392 e. The van der Waals surface area contributed by atoms with Crippen LogP contribution in [0.3, 0.4) is 0 Å². The fourth-order valence-electron chi connectivity index (χ4n) is 1.61. The van der Waals surface area contributed by atoms with Gasteiger partial charge in [0, 0.05) is 28.7 Å². The molecule has 2 aromatic rings. The molecule has 0 amide bonds. The highest BCUT2D eigenvalue weighted by Gasteiger charge is 2.03. The molecule has 0 saturated heterocycles. The van der Waals surface area contributed by atoms with Gasteiger partial charge in [0.25, 0.3) is 0 Å². The topological polar surface area (TPSA) is 25.2 Å². The van der Waals surface area contributed by atoms with Crippen molar-refractivity contribution in [1.29, 1.82) is 0 Å². The van der Waals surface area contributed by atoms with Gasteiger partial charge in [-0.3, -0.25) is 0 Å². The zero-order valence-electron chi connectivity index (χ0n) is 7.94. The number of benzene rings is 1. The van der Waals surface area contributed by atoms with E-state index in [1.165, 1.54) is 0 Å². The summed E-state index contributed by atoms with van der Waals surface area (Å²) in [6, 6.07) is 7.77. The standard InChI is InChI=1S/C11H12ClNO/c1-8(14)7-13-5-4-9-6-10(12)2-3-11(9)13/h2-6,8,14H,7H2,1H3/t8-/m0/s1. The molecule has 2 nitrogen and oxygen atoms in total. The highest BCUT2D eigenvalue weighted by atomic mass is 35.5. The predicted octanol–water partition coefficient (Wildman–Crippen LogP) is 2.68. The monoisotopic (exact) mass is 209 g/mol. The minimum atomic E-state index is -0.332. The third-order valence-corrected chi connectivity index (χ3v) is 2.43. The first-order valence-electron chi connectivity index (χ1n) is 4.59. The van der Waals surface area contributed by atoms with E-state index in [0.29, 0.717) is 6.54 Å². The number of halogens is 1. The van der Waals surface area contributed by atoms with Gasteiger partial charge in [0.1, 0.15) is 0 Å². The van der Waals surface area contributed by atoms with Crippen LogP contribution in [0.1, 0.15) is 6.92 Å². The maximum absolute atomic E-state index is 9.29. The molecule has 0 aliphatic heterocycles. The Hall–Kier alpha value is -0.990. The van der Waals surface area contributed by atoms with Crippen molar-refractivity contribution < 1.29 is 5.11 Å². The number of aliphatic hydroxyl groups is 1. The molecule has 2 rings (SSSR count). The minimum absolute atomic E-state index is 0.332. The second kappa shape index (κ2) is 3.64. The average molecular weight is 210 g/mol. The van der Waals surface area contributed by atoms with Crippen LogP contribution in [-0.2, 0) is 6.54 Å². The number of hydrogen-bond donors (Lipinski definition) is 1. The van der Waals surface area contributed by atoms with Crippen molar-refractivity contribution in [2.24, 2.45) is 0 Å². The Balaban J connectivity index is 2.47. The average Bonchev–Trinajstić information content (AvgIpc) is 2.47. The second-order valence-corrected chi connectivity index (χ2v) is 3.96. The van der Waals surface area contributed by atoms with Gasteiger partial charge in [-0.2, -0.15) is 0 Å². The number of hydrogen-bond acceptors (Lipinski definition) is 1. The summed E-state index contributed by atoms with van der Waals surface area (Å²) in [6.45, 7) is 2.40. The molecule has 1 aromatic heterocycles. The molecule has 0 fully saturated rings. The summed E-state index contributed by atoms with van der Waals surface area (Å²) < 4.78 is 2.02. The van der Waals surface area contributed by atoms with Crippen molar-refractivity contribution >= 4 is 22.5 Å². The van der Waals surface area contributed by atoms with Crippen molar-refractivity contribution in [3.63, 3.8) is 0 Å². The van der Waals surface area contributed by atoms with E-state index < -0.39 is 0 Å². The van der Waals surface area contributed by atoms with Crippen LogP contribution in [0.25, 0.3) is 10.9 Å². The summed E-state index contributed by atoms with van der Waals surface area (Å²) in [5, 5.41) is 11.1. The quantitative estimate of drug-likeness (QED) is 0.809. The van der Waals surface area contributed by atoms with Crippen molar-refractivity contribution in [1.82, 2.24) is 4.57 Å². The summed E-state index contributed by atoms with van der Waals surface area (Å²) in [7, 11) is 0. The summed E-state index contributed by atoms with van der Waals surface area (Å²) in [5.41, 5.74) is 1.11. The number of aliphatic hydroxyl groups excluding tert-OH is 1. The van der Waals surface area contributed by atoms with Gasteiger partial charge in [0.05, 0.1) is 6.10 Å². The molecule has 0 aliphatic rings. The Kier molecular flexibility index (Phi) is 2.48. The SMILES string of the molecule is C[C@H](O)Cn1ccc2cc(Cl)ccc21. The lowest BCUT2D eigenvalue weighted by Crippen LogP contribution is -2.10. The lowest BCUT2D eigenvalue weighted by Gasteiger charge is -2.07. The lowest BCUT2D eigenvalue weighted by molar-refractivity contribution is 0.175. The first-order valence-corrected chi connectivity index (χ1v) is 4.97. The molecule has 0 bridgehead atoms. The maximum Gasteiger partial charge on any atom is 0.0691 e. The normalized spacial score (nSPS) is 13.4. The summed E-state index contributed by atoms with van der Waals surface area (Å²) in [5.74, 6) is 0. The Morgan fingerprint density at radius 3 is 2.93 bits per heavy atom. The van der Waals surface area contributed by atoms with Crippen LogP contribution >= 0.6 is 11.6 Å². The first-order chi connectivity index (χ1) is 6.66. The van der Waals surface area contributed by atoms with Gasteiger partial charge in [-0.15, -0.1) is 0 Å². The second-order valence-electron chi connectivity index (χ2n) is 3.52. The van der Waals surface area contributed by atoms with Crippen LogP contribution < -0.4 is 0 Å². The molecule has 1 N–H and O–H groups in total. The van der Waals surface area contributed by atoms with E-state index >= 15 is 0 Å². The van der Waals surface area contributed by atoms with E-state index in [4.69, 9.17) is 11.6 Å². The first kappa shape index (κ1) is 9.56. The molecule has 1 atom stereocenters. The van der Waals surface area contributed by atoms with Crippen LogP contribution in [0.5, 0.6) is 0 Å². The lowest BCUT2D eigenvalue weighted by atomic mass is 10.2. The largest absolute Gasteiger partial charge is 0.392 e. The van der Waals surface area contributed by atoms with Crippen LogP contribution in [0.15, 0.2) is 30.5 Å². The van der Waals surface area contributed by atoms with E-state index in [9.17, 15) is 5.11 Å². The van der Waals surface area contributed by atoms with Crippen LogP contribution in [0.4, 0.5) is 0 Å². The molecule has 1 aromatic carbocycles. The van der Waals surface area contributed by atoms with Crippen molar-refractivity contribution in [2.45, 2.75) is 19.6 Å². The van der Waals surface area contributed by atoms with Crippen LogP contribution in [0.2, 0.25) is 5.02 Å². The van der Waals surface area contributed by atoms with E-state index in [0.717, 1.165) is 15.9 Å². The highest BCUT2D eigenvalue weighted by molar-refractivity contribution is 6.31. The van der Waals surface area contributed by atoms with Gasteiger partial charge < -0.3 is 9.67 Å². The molecular weight excluding hydrogens is 198 g/mol. The third-order valence-electron chi connectivity index (χ3n) is 2.19. The van der Waals surface area contributed by atoms with E-state index in [1.807, 2.05) is 35.0 Å². The van der Waals surface area contributed by atoms with E-state index in [1.54, 1.807) is 6.92 Å². The number of nitrogens with zero attached hydrogens (tertiary/aromatic N) is 1. The number of aromatic nitrogens is 1. The zero-order chi connectivity index (χ0) is 10.1. The Bertz CT molecular complexity index is 447. The molecule has 0 saturated carbocycles. The molecule has 14 heavy (non-hydrogen) atoms. The predicted molar refractivity (Wildman–Crippen MR) is 58.6 cm³/mol. The van der Waals surface area contributed by atoms with Crippen molar-refractivity contribution in [3.05, 3.63) is 35.5 Å². The number of rotatable bonds is 2. The Morgan fingerprint density at radius 1 is 1.43 bits per heavy atom. The molecule has 0 radical (unpaired) electrons. The smallest absolute Gasteiger partial charge is 0.0691 e. The molecular formula is C11H12ClNO. The van der Waals surface area contributed by atoms with E-state index in [2.05, 4.69) is 0 Å². The fourth-order valence-corrected chi connectivity index (χ4v) is 1.80. The summed E-state index contributed by atoms with van der Waals surface area (Å²) in [6.07, 6.45) is 1.63. The van der Waals surface area contributed by atoms with Crippen LogP contribution in [0, 0.1) is 0 Å². The van der Waals surface area contributed by atoms with Gasteiger partial charge in [0.2, 0.25) is 0 Å². The van der Waals surface area contributed by atoms with Gasteiger partial charge in [-0.1, -0.05) is 11.6 Å². The Labute approximate surface area is 87.7 Å². The van der Waals surface area contributed by atoms with Gasteiger partial charge >= 0.3 is 0 Å². The zero-order valence-corrected chi connectivity index (χ0v) is 8.70. The third kappa shape index (κ3) is 1.76. The molecule has 0 unspecified atom stereocenters. The van der Waals surface area contributed by atoms with Crippen molar-refractivity contribution in [2.75, 3.05) is 0 Å². The van der Waals surface area contributed by atoms with E-state index in [-0.39, 0.29) is 6.10 Å². The van der Waals surface area contributed by atoms with Gasteiger partial charge in [-0.05, 0) is 31.2 Å². The Morgan fingerprint density at radius 2 is 2.21 bits per heavy atom. The summed E-state index contributed by atoms with van der Waals surface area (Å²) in [4.78, 5) is 0. The maximum atomic E-state index is 9.29. The molecule has 0 spiro atoms. The fraction of sp³-hybridized carbons (Fsp3) is 0.273. The highest BCUT2D eigenvalue weighted by Crippen LogP contribution is 2.20. The molecule has 0 aliphatic carbocycles. The number of fused-ring (bicyclic) bond motifs is 1. The van der Waals surface area contributed by atoms with Gasteiger partial charge in [-0.25, -0.2) is 0 Å². The van der Waals surface area contributed by atoms with Gasteiger partial charge in [0.15, 0.2) is 0 Å². The van der Waals surface area contributed by atoms with Crippen LogP contribution in [-0.4, -0.2) is 15.8 Å². The molecule has 1 heterocycles. The molecule has 3 heteroatoms.